The Morgan fingerprint density at radius 1 is 1.31 bits per heavy atom. The summed E-state index contributed by atoms with van der Waals surface area (Å²) in [6.45, 7) is 5.88. The van der Waals surface area contributed by atoms with Gasteiger partial charge in [0.2, 0.25) is 0 Å². The monoisotopic (exact) mass is 204 g/mol. The molecule has 0 aromatic heterocycles. The summed E-state index contributed by atoms with van der Waals surface area (Å²) in [5.74, 6) is 0.807. The van der Waals surface area contributed by atoms with Crippen molar-refractivity contribution in [2.45, 2.75) is 46.5 Å². The Labute approximate surface area is 85.6 Å². The summed E-state index contributed by atoms with van der Waals surface area (Å²) in [7, 11) is 0. The molecule has 0 bridgehead atoms. The van der Waals surface area contributed by atoms with Crippen LogP contribution in [0.15, 0.2) is 0 Å². The van der Waals surface area contributed by atoms with E-state index in [0.717, 1.165) is 12.2 Å². The van der Waals surface area contributed by atoms with Gasteiger partial charge in [-0.15, -0.1) is 0 Å². The highest BCUT2D eigenvalue weighted by atomic mass is 32.2. The molecule has 0 saturated heterocycles. The molecule has 0 amide bonds. The first-order chi connectivity index (χ1) is 6.18. The van der Waals surface area contributed by atoms with Crippen LogP contribution in [-0.2, 0) is 8.98 Å². The van der Waals surface area contributed by atoms with E-state index in [0.29, 0.717) is 0 Å². The maximum absolute atomic E-state index is 11.0. The van der Waals surface area contributed by atoms with Gasteiger partial charge in [-0.2, -0.15) is 0 Å². The van der Waals surface area contributed by atoms with E-state index in [9.17, 15) is 4.79 Å². The number of carbonyl (C=O) groups is 1. The number of unbranched alkanes of at least 4 members (excludes halogenated alkanes) is 3. The van der Waals surface area contributed by atoms with E-state index < -0.39 is 0 Å². The largest absolute Gasteiger partial charge is 0.391 e. The smallest absolute Gasteiger partial charge is 0.320 e. The summed E-state index contributed by atoms with van der Waals surface area (Å²) in [4.78, 5) is 11.0. The summed E-state index contributed by atoms with van der Waals surface area (Å²) in [5.41, 5.74) is 0. The van der Waals surface area contributed by atoms with Crippen LogP contribution < -0.4 is 0 Å². The predicted octanol–water partition coefficient (Wildman–Crippen LogP) is 3.41. The molecule has 0 aliphatic heterocycles. The summed E-state index contributed by atoms with van der Waals surface area (Å²) in [5, 5.41) is 0. The molecule has 0 aliphatic carbocycles. The molecule has 0 heterocycles. The van der Waals surface area contributed by atoms with Crippen LogP contribution in [0.1, 0.15) is 46.5 Å². The third-order valence-electron chi connectivity index (χ3n) is 1.69. The lowest BCUT2D eigenvalue weighted by molar-refractivity contribution is -0.136. The molecule has 13 heavy (non-hydrogen) atoms. The van der Waals surface area contributed by atoms with E-state index in [1.54, 1.807) is 0 Å². The zero-order valence-electron chi connectivity index (χ0n) is 8.84. The third-order valence-corrected chi connectivity index (χ3v) is 2.43. The Morgan fingerprint density at radius 3 is 2.54 bits per heavy atom. The van der Waals surface area contributed by atoms with E-state index in [1.807, 2.05) is 13.8 Å². The highest BCUT2D eigenvalue weighted by molar-refractivity contribution is 7.95. The normalized spacial score (nSPS) is 10.5. The average molecular weight is 204 g/mol. The molecule has 0 unspecified atom stereocenters. The highest BCUT2D eigenvalue weighted by Crippen LogP contribution is 2.11. The van der Waals surface area contributed by atoms with Gasteiger partial charge in [0, 0.05) is 5.75 Å². The fourth-order valence-electron chi connectivity index (χ4n) is 0.784. The summed E-state index contributed by atoms with van der Waals surface area (Å²) in [6, 6.07) is 0. The van der Waals surface area contributed by atoms with Gasteiger partial charge in [-0.1, -0.05) is 40.0 Å². The van der Waals surface area contributed by atoms with Crippen LogP contribution in [0.5, 0.6) is 0 Å². The lowest BCUT2D eigenvalue weighted by Crippen LogP contribution is -2.07. The van der Waals surface area contributed by atoms with Crippen LogP contribution in [0.3, 0.4) is 0 Å². The topological polar surface area (TPSA) is 26.3 Å². The van der Waals surface area contributed by atoms with Crippen LogP contribution in [0, 0.1) is 5.92 Å². The summed E-state index contributed by atoms with van der Waals surface area (Å²) < 4.78 is 4.96. The summed E-state index contributed by atoms with van der Waals surface area (Å²) >= 11 is 1.29. The number of hydrogen-bond acceptors (Lipinski definition) is 3. The molecule has 0 radical (unpaired) electrons. The highest BCUT2D eigenvalue weighted by Gasteiger charge is 2.07. The Morgan fingerprint density at radius 2 is 2.00 bits per heavy atom. The average Bonchev–Trinajstić information content (AvgIpc) is 2.10. The minimum atomic E-state index is -0.111. The van der Waals surface area contributed by atoms with Gasteiger partial charge in [-0.3, -0.25) is 4.79 Å². The predicted molar refractivity (Wildman–Crippen MR) is 57.5 cm³/mol. The first-order valence-electron chi connectivity index (χ1n) is 5.01. The maximum Gasteiger partial charge on any atom is 0.320 e. The van der Waals surface area contributed by atoms with E-state index >= 15 is 0 Å². The van der Waals surface area contributed by atoms with Crippen LogP contribution in [0.2, 0.25) is 0 Å². The van der Waals surface area contributed by atoms with Crippen LogP contribution >= 0.6 is 12.0 Å². The zero-order valence-corrected chi connectivity index (χ0v) is 9.65. The van der Waals surface area contributed by atoms with Crippen molar-refractivity contribution in [2.75, 3.05) is 5.75 Å². The van der Waals surface area contributed by atoms with Gasteiger partial charge in [0.15, 0.2) is 0 Å². The fourth-order valence-corrected chi connectivity index (χ4v) is 1.50. The molecule has 2 nitrogen and oxygen atoms in total. The van der Waals surface area contributed by atoms with Gasteiger partial charge in [0.1, 0.15) is 0 Å². The van der Waals surface area contributed by atoms with Gasteiger partial charge < -0.3 is 4.18 Å². The molecular weight excluding hydrogens is 184 g/mol. The van der Waals surface area contributed by atoms with Gasteiger partial charge in [-0.25, -0.2) is 0 Å². The lowest BCUT2D eigenvalue weighted by Gasteiger charge is -2.04. The van der Waals surface area contributed by atoms with Crippen molar-refractivity contribution >= 4 is 18.0 Å². The second-order valence-corrected chi connectivity index (χ2v) is 4.25. The number of carbonyl (C=O) groups excluding carboxylic acids is 1. The molecule has 0 spiro atoms. The molecule has 0 saturated carbocycles. The molecule has 0 aromatic carbocycles. The van der Waals surface area contributed by atoms with Crippen molar-refractivity contribution in [1.29, 1.82) is 0 Å². The van der Waals surface area contributed by atoms with Crippen LogP contribution in [0.4, 0.5) is 0 Å². The Hall–Kier alpha value is -0.180. The van der Waals surface area contributed by atoms with E-state index in [1.165, 1.54) is 31.3 Å². The summed E-state index contributed by atoms with van der Waals surface area (Å²) in [6.07, 6.45) is 4.90. The molecule has 0 atom stereocenters. The minimum absolute atomic E-state index is 0.0110. The molecule has 0 aliphatic rings. The van der Waals surface area contributed by atoms with Crippen LogP contribution in [0.25, 0.3) is 0 Å². The van der Waals surface area contributed by atoms with Crippen molar-refractivity contribution in [2.24, 2.45) is 5.92 Å². The van der Waals surface area contributed by atoms with Crippen molar-refractivity contribution in [3.63, 3.8) is 0 Å². The number of rotatable bonds is 7. The maximum atomic E-state index is 11.0. The van der Waals surface area contributed by atoms with Gasteiger partial charge in [0.05, 0.1) is 18.0 Å². The minimum Gasteiger partial charge on any atom is -0.391 e. The number of hydrogen-bond donors (Lipinski definition) is 0. The van der Waals surface area contributed by atoms with E-state index in [4.69, 9.17) is 4.18 Å². The van der Waals surface area contributed by atoms with Crippen molar-refractivity contribution in [3.8, 4) is 0 Å². The molecule has 0 aromatic rings. The van der Waals surface area contributed by atoms with Gasteiger partial charge in [0.25, 0.3) is 0 Å². The molecule has 0 N–H and O–H groups in total. The SMILES string of the molecule is CCCCCCSOC(=O)C(C)C. The van der Waals surface area contributed by atoms with Crippen molar-refractivity contribution in [3.05, 3.63) is 0 Å². The van der Waals surface area contributed by atoms with Crippen LogP contribution in [-0.4, -0.2) is 11.7 Å². The second kappa shape index (κ2) is 8.42. The standard InChI is InChI=1S/C10H20O2S/c1-4-5-6-7-8-13-12-10(11)9(2)3/h9H,4-8H2,1-3H3. The lowest BCUT2D eigenvalue weighted by atomic mass is 10.2. The zero-order chi connectivity index (χ0) is 10.1. The fraction of sp³-hybridized carbons (Fsp3) is 0.900. The Kier molecular flexibility index (Phi) is 8.30. The first kappa shape index (κ1) is 12.8. The Balaban J connectivity index is 3.12. The molecular formula is C10H20O2S. The second-order valence-electron chi connectivity index (χ2n) is 3.44. The third kappa shape index (κ3) is 8.16. The van der Waals surface area contributed by atoms with Crippen molar-refractivity contribution in [1.82, 2.24) is 0 Å². The van der Waals surface area contributed by atoms with Crippen molar-refractivity contribution < 1.29 is 8.98 Å². The Bertz CT molecular complexity index is 135. The molecule has 0 rings (SSSR count). The molecule has 78 valence electrons. The first-order valence-corrected chi connectivity index (χ1v) is 5.92. The van der Waals surface area contributed by atoms with E-state index in [2.05, 4.69) is 6.92 Å². The van der Waals surface area contributed by atoms with E-state index in [-0.39, 0.29) is 11.9 Å². The molecule has 3 heteroatoms. The quantitative estimate of drug-likeness (QED) is 0.469. The van der Waals surface area contributed by atoms with Gasteiger partial charge in [-0.05, 0) is 6.42 Å². The van der Waals surface area contributed by atoms with Gasteiger partial charge >= 0.3 is 5.97 Å². The molecule has 0 fully saturated rings.